The van der Waals surface area contributed by atoms with Crippen LogP contribution in [-0.4, -0.2) is 41.0 Å². The van der Waals surface area contributed by atoms with Gasteiger partial charge in [0, 0.05) is 6.54 Å². The smallest absolute Gasteiger partial charge is 0.408 e. The fraction of sp³-hybridized carbons (Fsp3) is 0.467. The van der Waals surface area contributed by atoms with Crippen LogP contribution in [0.15, 0.2) is 54.6 Å². The third kappa shape index (κ3) is 8.91. The lowest BCUT2D eigenvalue weighted by Gasteiger charge is -2.34. The molecule has 38 heavy (non-hydrogen) atoms. The summed E-state index contributed by atoms with van der Waals surface area (Å²) in [6, 6.07) is 16.9. The zero-order valence-electron chi connectivity index (χ0n) is 23.3. The Labute approximate surface area is 226 Å². The van der Waals surface area contributed by atoms with Gasteiger partial charge >= 0.3 is 6.09 Å². The van der Waals surface area contributed by atoms with Gasteiger partial charge in [-0.2, -0.15) is 5.26 Å². The number of hydrogen-bond acceptors (Lipinski definition) is 5. The van der Waals surface area contributed by atoms with Crippen LogP contribution in [0, 0.1) is 17.2 Å². The number of aryl methyl sites for hydroxylation is 1. The predicted octanol–water partition coefficient (Wildman–Crippen LogP) is 4.90. The van der Waals surface area contributed by atoms with E-state index in [2.05, 4.69) is 10.6 Å². The van der Waals surface area contributed by atoms with Gasteiger partial charge in [0.15, 0.2) is 0 Å². The number of alkyl carbamates (subject to hydrolysis) is 1. The predicted molar refractivity (Wildman–Crippen MR) is 147 cm³/mol. The van der Waals surface area contributed by atoms with Crippen molar-refractivity contribution in [2.75, 3.05) is 6.54 Å². The van der Waals surface area contributed by atoms with Crippen molar-refractivity contribution in [3.05, 3.63) is 71.3 Å². The topological polar surface area (TPSA) is 112 Å². The van der Waals surface area contributed by atoms with Gasteiger partial charge in [0.05, 0.1) is 6.07 Å². The number of benzene rings is 2. The Bertz CT molecular complexity index is 1100. The van der Waals surface area contributed by atoms with Gasteiger partial charge < -0.3 is 20.3 Å². The first-order chi connectivity index (χ1) is 18.0. The average Bonchev–Trinajstić information content (AvgIpc) is 2.89. The molecule has 3 amide bonds. The fourth-order valence-corrected chi connectivity index (χ4v) is 3.96. The molecule has 0 spiro atoms. The highest BCUT2D eigenvalue weighted by Gasteiger charge is 2.38. The molecule has 2 N–H and O–H groups in total. The van der Waals surface area contributed by atoms with E-state index in [1.807, 2.05) is 81.4 Å². The van der Waals surface area contributed by atoms with Crippen LogP contribution in [-0.2, 0) is 27.3 Å². The zero-order valence-corrected chi connectivity index (χ0v) is 23.3. The first-order valence-corrected chi connectivity index (χ1v) is 13.1. The van der Waals surface area contributed by atoms with Crippen LogP contribution < -0.4 is 10.6 Å². The summed E-state index contributed by atoms with van der Waals surface area (Å²) in [6.07, 6.45) is 0.676. The lowest BCUT2D eigenvalue weighted by molar-refractivity contribution is -0.142. The number of rotatable bonds is 11. The number of carbonyl (C=O) groups excluding carboxylic acids is 3. The molecule has 0 aliphatic carbocycles. The van der Waals surface area contributed by atoms with E-state index in [9.17, 15) is 19.6 Å². The summed E-state index contributed by atoms with van der Waals surface area (Å²) in [5, 5.41) is 15.3. The second-order valence-corrected chi connectivity index (χ2v) is 10.3. The third-order valence-electron chi connectivity index (χ3n) is 6.25. The molecule has 204 valence electrons. The Morgan fingerprint density at radius 3 is 2.16 bits per heavy atom. The molecule has 2 aromatic carbocycles. The van der Waals surface area contributed by atoms with Gasteiger partial charge in [-0.05, 0) is 49.8 Å². The van der Waals surface area contributed by atoms with Crippen molar-refractivity contribution in [2.45, 2.75) is 78.6 Å². The van der Waals surface area contributed by atoms with Crippen molar-refractivity contribution in [2.24, 2.45) is 5.92 Å². The molecule has 8 heteroatoms. The van der Waals surface area contributed by atoms with Crippen LogP contribution in [0.3, 0.4) is 0 Å². The van der Waals surface area contributed by atoms with E-state index in [1.165, 1.54) is 4.90 Å². The number of ether oxygens (including phenoxy) is 1. The highest BCUT2D eigenvalue weighted by Crippen LogP contribution is 2.25. The summed E-state index contributed by atoms with van der Waals surface area (Å²) < 4.78 is 5.39. The zero-order chi connectivity index (χ0) is 28.3. The van der Waals surface area contributed by atoms with Gasteiger partial charge in [0.25, 0.3) is 0 Å². The van der Waals surface area contributed by atoms with E-state index in [0.29, 0.717) is 12.0 Å². The van der Waals surface area contributed by atoms with Crippen molar-refractivity contribution in [3.8, 4) is 6.07 Å². The van der Waals surface area contributed by atoms with Crippen molar-refractivity contribution in [1.82, 2.24) is 15.5 Å². The number of nitrogens with zero attached hydrogens (tertiary/aromatic N) is 2. The Morgan fingerprint density at radius 1 is 1.00 bits per heavy atom. The largest absolute Gasteiger partial charge is 0.444 e. The van der Waals surface area contributed by atoms with Gasteiger partial charge in [0.1, 0.15) is 24.2 Å². The monoisotopic (exact) mass is 520 g/mol. The van der Waals surface area contributed by atoms with Crippen molar-refractivity contribution in [1.29, 1.82) is 5.26 Å². The highest BCUT2D eigenvalue weighted by molar-refractivity contribution is 5.92. The quantitative estimate of drug-likeness (QED) is 0.410. The van der Waals surface area contributed by atoms with Gasteiger partial charge in [-0.3, -0.25) is 9.59 Å². The normalized spacial score (nSPS) is 13.4. The first-order valence-electron chi connectivity index (χ1n) is 13.1. The average molecular weight is 521 g/mol. The Balaban J connectivity index is 2.46. The highest BCUT2D eigenvalue weighted by atomic mass is 16.6. The minimum Gasteiger partial charge on any atom is -0.444 e. The molecular weight excluding hydrogens is 480 g/mol. The number of nitrogens with one attached hydrogen (secondary N) is 2. The summed E-state index contributed by atoms with van der Waals surface area (Å²) in [4.78, 5) is 41.5. The molecule has 2 aromatic rings. The number of amides is 3. The van der Waals surface area contributed by atoms with E-state index in [1.54, 1.807) is 20.8 Å². The second-order valence-electron chi connectivity index (χ2n) is 10.3. The van der Waals surface area contributed by atoms with Crippen molar-refractivity contribution >= 4 is 17.9 Å². The number of carbonyl (C=O) groups is 3. The summed E-state index contributed by atoms with van der Waals surface area (Å²) in [6.45, 7) is 10.9. The van der Waals surface area contributed by atoms with Gasteiger partial charge in [-0.1, -0.05) is 81.8 Å². The van der Waals surface area contributed by atoms with E-state index >= 15 is 0 Å². The van der Waals surface area contributed by atoms with Crippen LogP contribution in [0.4, 0.5) is 4.79 Å². The molecule has 0 aliphatic heterocycles. The first kappa shape index (κ1) is 30.4. The van der Waals surface area contributed by atoms with E-state index < -0.39 is 35.6 Å². The molecular formula is C30H40N4O4. The van der Waals surface area contributed by atoms with Crippen LogP contribution in [0.2, 0.25) is 0 Å². The Morgan fingerprint density at radius 2 is 1.63 bits per heavy atom. The van der Waals surface area contributed by atoms with Crippen molar-refractivity contribution < 1.29 is 19.1 Å². The molecule has 3 atom stereocenters. The van der Waals surface area contributed by atoms with E-state index in [0.717, 1.165) is 17.5 Å². The molecule has 3 unspecified atom stereocenters. The molecule has 0 fully saturated rings. The minimum absolute atomic E-state index is 0.267. The maximum Gasteiger partial charge on any atom is 0.408 e. The van der Waals surface area contributed by atoms with Crippen LogP contribution in [0.25, 0.3) is 0 Å². The second kappa shape index (κ2) is 14.2. The summed E-state index contributed by atoms with van der Waals surface area (Å²) in [5.41, 5.74) is 1.82. The van der Waals surface area contributed by atoms with Gasteiger partial charge in [-0.25, -0.2) is 4.79 Å². The summed E-state index contributed by atoms with van der Waals surface area (Å²) in [5.74, 6) is -1.21. The Hall–Kier alpha value is -3.86. The van der Waals surface area contributed by atoms with E-state index in [-0.39, 0.29) is 19.0 Å². The maximum atomic E-state index is 14.0. The molecule has 0 heterocycles. The van der Waals surface area contributed by atoms with Gasteiger partial charge in [0.2, 0.25) is 11.8 Å². The molecule has 8 nitrogen and oxygen atoms in total. The summed E-state index contributed by atoms with van der Waals surface area (Å²) in [7, 11) is 0. The third-order valence-corrected chi connectivity index (χ3v) is 6.25. The van der Waals surface area contributed by atoms with Crippen LogP contribution in [0.1, 0.15) is 70.7 Å². The maximum absolute atomic E-state index is 14.0. The number of nitriles is 1. The number of hydrogen-bond donors (Lipinski definition) is 2. The molecule has 0 bridgehead atoms. The minimum atomic E-state index is -1.07. The fourth-order valence-electron chi connectivity index (χ4n) is 3.96. The SMILES string of the molecule is CCc1ccc(C(C(=O)NCc2ccccc2)N(CC#N)C(=O)C(NC(=O)OC(C)(C)C)C(C)CC)cc1. The lowest BCUT2D eigenvalue weighted by Crippen LogP contribution is -2.55. The standard InChI is InChI=1S/C30H40N4O4/c1-7-21(3)25(33-29(37)38-30(4,5)6)28(36)34(19-18-31)26(24-16-14-22(8-2)15-17-24)27(35)32-20-23-12-10-9-11-13-23/h9-17,21,25-26H,7-8,19-20H2,1-6H3,(H,32,35)(H,33,37). The van der Waals surface area contributed by atoms with Gasteiger partial charge in [-0.15, -0.1) is 0 Å². The lowest BCUT2D eigenvalue weighted by atomic mass is 9.95. The van der Waals surface area contributed by atoms with Crippen molar-refractivity contribution in [3.63, 3.8) is 0 Å². The molecule has 0 aromatic heterocycles. The van der Waals surface area contributed by atoms with E-state index in [4.69, 9.17) is 4.74 Å². The molecule has 0 saturated heterocycles. The molecule has 0 saturated carbocycles. The molecule has 0 radical (unpaired) electrons. The molecule has 2 rings (SSSR count). The van der Waals surface area contributed by atoms with Crippen LogP contribution >= 0.6 is 0 Å². The van der Waals surface area contributed by atoms with Crippen LogP contribution in [0.5, 0.6) is 0 Å². The molecule has 0 aliphatic rings. The summed E-state index contributed by atoms with van der Waals surface area (Å²) >= 11 is 0. The Kier molecular flexibility index (Phi) is 11.3.